The fourth-order valence-electron chi connectivity index (χ4n) is 2.78. The van der Waals surface area contributed by atoms with E-state index in [1.807, 2.05) is 0 Å². The molecule has 3 rings (SSSR count). The third-order valence-corrected chi connectivity index (χ3v) is 5.45. The molecule has 11 heteroatoms. The molecular formula is C20H21F2N5O3S. The number of nitrogens with two attached hydrogens (primary N) is 1. The highest BCUT2D eigenvalue weighted by Gasteiger charge is 2.35. The zero-order valence-corrected chi connectivity index (χ0v) is 17.0. The molecule has 2 aromatic rings. The van der Waals surface area contributed by atoms with E-state index in [-0.39, 0.29) is 29.6 Å². The van der Waals surface area contributed by atoms with Crippen LogP contribution in [0.5, 0.6) is 0 Å². The third-order valence-electron chi connectivity index (χ3n) is 4.44. The predicted octanol–water partition coefficient (Wildman–Crippen LogP) is 0.401. The van der Waals surface area contributed by atoms with Crippen LogP contribution in [0.2, 0.25) is 0 Å². The fraction of sp³-hybridized carbons (Fsp3) is 0.250. The van der Waals surface area contributed by atoms with Gasteiger partial charge >= 0.3 is 0 Å². The van der Waals surface area contributed by atoms with Crippen molar-refractivity contribution in [1.82, 2.24) is 21.3 Å². The van der Waals surface area contributed by atoms with Crippen LogP contribution in [0.25, 0.3) is 0 Å². The molecule has 3 amide bonds. The normalized spacial score (nSPS) is 20.6. The molecule has 1 fully saturated rings. The van der Waals surface area contributed by atoms with Gasteiger partial charge in [0.25, 0.3) is 5.91 Å². The fourth-order valence-corrected chi connectivity index (χ4v) is 3.65. The lowest BCUT2D eigenvalue weighted by Gasteiger charge is -2.35. The molecule has 0 aliphatic carbocycles. The number of rotatable bonds is 7. The average Bonchev–Trinajstić information content (AvgIpc) is 2.74. The maximum atomic E-state index is 13.0. The number of hydrogen-bond donors (Lipinski definition) is 5. The molecule has 164 valence electrons. The van der Waals surface area contributed by atoms with E-state index in [1.54, 1.807) is 12.1 Å². The van der Waals surface area contributed by atoms with Crippen LogP contribution < -0.4 is 27.0 Å². The summed E-state index contributed by atoms with van der Waals surface area (Å²) in [5, 5.41) is 10.8. The van der Waals surface area contributed by atoms with Crippen molar-refractivity contribution in [3.63, 3.8) is 0 Å². The summed E-state index contributed by atoms with van der Waals surface area (Å²) in [6.07, 6.45) is -0.891. The topological polar surface area (TPSA) is 125 Å². The summed E-state index contributed by atoms with van der Waals surface area (Å²) in [6.45, 7) is 0.251. The Bertz CT molecular complexity index is 943. The maximum Gasteiger partial charge on any atom is 0.252 e. The van der Waals surface area contributed by atoms with Crippen molar-refractivity contribution >= 4 is 29.5 Å². The lowest BCUT2D eigenvalue weighted by Crippen LogP contribution is -2.70. The number of carbonyl (C=O) groups is 3. The van der Waals surface area contributed by atoms with Crippen molar-refractivity contribution in [2.45, 2.75) is 24.3 Å². The van der Waals surface area contributed by atoms with Crippen LogP contribution in [0.3, 0.4) is 0 Å². The number of nitrogens with one attached hydrogen (secondary N) is 4. The maximum absolute atomic E-state index is 13.0. The van der Waals surface area contributed by atoms with Crippen LogP contribution in [0.15, 0.2) is 48.5 Å². The van der Waals surface area contributed by atoms with Crippen LogP contribution in [0.4, 0.5) is 8.78 Å². The molecule has 1 saturated heterocycles. The van der Waals surface area contributed by atoms with E-state index in [1.165, 1.54) is 24.3 Å². The minimum atomic E-state index is -1.04. The number of amides is 3. The lowest BCUT2D eigenvalue weighted by atomic mass is 10.1. The van der Waals surface area contributed by atoms with E-state index < -0.39 is 35.3 Å². The Kier molecular flexibility index (Phi) is 7.55. The first-order valence-corrected chi connectivity index (χ1v) is 10.4. The molecule has 6 N–H and O–H groups in total. The van der Waals surface area contributed by atoms with Gasteiger partial charge in [0.1, 0.15) is 23.2 Å². The van der Waals surface area contributed by atoms with Crippen LogP contribution in [0.1, 0.15) is 15.9 Å². The molecule has 31 heavy (non-hydrogen) atoms. The Balaban J connectivity index is 1.44. The van der Waals surface area contributed by atoms with Crippen LogP contribution in [0, 0.1) is 11.6 Å². The van der Waals surface area contributed by atoms with Gasteiger partial charge in [0.05, 0.1) is 11.9 Å². The van der Waals surface area contributed by atoms with Crippen LogP contribution >= 0.6 is 11.8 Å². The van der Waals surface area contributed by atoms with E-state index in [9.17, 15) is 23.2 Å². The molecule has 8 nitrogen and oxygen atoms in total. The molecule has 2 aromatic carbocycles. The SMILES string of the molecule is NC1NC(SCC(=O)NCc2ccc(F)cc2)NC(=O)C1NC(=O)c1ccc(F)cc1. The van der Waals surface area contributed by atoms with Crippen molar-refractivity contribution in [2.75, 3.05) is 5.75 Å². The van der Waals surface area contributed by atoms with Crippen LogP contribution in [-0.4, -0.2) is 41.2 Å². The Morgan fingerprint density at radius 2 is 1.65 bits per heavy atom. The van der Waals surface area contributed by atoms with Gasteiger partial charge in [-0.05, 0) is 42.0 Å². The van der Waals surface area contributed by atoms with Crippen molar-refractivity contribution in [2.24, 2.45) is 5.73 Å². The number of halogens is 2. The molecule has 1 heterocycles. The first kappa shape index (κ1) is 22.7. The molecule has 0 radical (unpaired) electrons. The van der Waals surface area contributed by atoms with Crippen molar-refractivity contribution < 1.29 is 23.2 Å². The number of thioether (sulfide) groups is 1. The summed E-state index contributed by atoms with van der Waals surface area (Å²) < 4.78 is 25.9. The summed E-state index contributed by atoms with van der Waals surface area (Å²) in [5.41, 5.74) is 6.29. The summed E-state index contributed by atoms with van der Waals surface area (Å²) in [6, 6.07) is 9.61. The van der Waals surface area contributed by atoms with E-state index in [4.69, 9.17) is 5.73 Å². The highest BCUT2D eigenvalue weighted by Crippen LogP contribution is 2.12. The zero-order chi connectivity index (χ0) is 22.4. The Morgan fingerprint density at radius 1 is 1.03 bits per heavy atom. The van der Waals surface area contributed by atoms with E-state index in [2.05, 4.69) is 21.3 Å². The van der Waals surface area contributed by atoms with Gasteiger partial charge in [0.2, 0.25) is 11.8 Å². The van der Waals surface area contributed by atoms with Crippen molar-refractivity contribution in [3.05, 3.63) is 71.3 Å². The number of carbonyl (C=O) groups excluding carboxylic acids is 3. The first-order chi connectivity index (χ1) is 14.8. The summed E-state index contributed by atoms with van der Waals surface area (Å²) in [5.74, 6) is -2.14. The Labute approximate surface area is 181 Å². The Hall–Kier alpha value is -3.02. The molecule has 0 spiro atoms. The quantitative estimate of drug-likeness (QED) is 0.417. The zero-order valence-electron chi connectivity index (χ0n) is 16.2. The second-order valence-electron chi connectivity index (χ2n) is 6.75. The molecule has 3 unspecified atom stereocenters. The highest BCUT2D eigenvalue weighted by molar-refractivity contribution is 8.00. The monoisotopic (exact) mass is 449 g/mol. The second-order valence-corrected chi connectivity index (χ2v) is 7.85. The summed E-state index contributed by atoms with van der Waals surface area (Å²) in [4.78, 5) is 36.6. The summed E-state index contributed by atoms with van der Waals surface area (Å²) in [7, 11) is 0. The van der Waals surface area contributed by atoms with Crippen molar-refractivity contribution in [1.29, 1.82) is 0 Å². The average molecular weight is 449 g/mol. The van der Waals surface area contributed by atoms with Gasteiger partial charge in [-0.2, -0.15) is 0 Å². The lowest BCUT2D eigenvalue weighted by molar-refractivity contribution is -0.126. The van der Waals surface area contributed by atoms with Gasteiger partial charge in [-0.1, -0.05) is 12.1 Å². The molecule has 0 aromatic heterocycles. The van der Waals surface area contributed by atoms with Gasteiger partial charge in [-0.25, -0.2) is 8.78 Å². The van der Waals surface area contributed by atoms with Gasteiger partial charge in [0, 0.05) is 12.1 Å². The van der Waals surface area contributed by atoms with E-state index in [0.717, 1.165) is 29.5 Å². The molecule has 0 bridgehead atoms. The first-order valence-electron chi connectivity index (χ1n) is 9.33. The number of hydrogen-bond acceptors (Lipinski definition) is 6. The van der Waals surface area contributed by atoms with E-state index >= 15 is 0 Å². The minimum absolute atomic E-state index is 0.0401. The third kappa shape index (κ3) is 6.48. The van der Waals surface area contributed by atoms with Gasteiger partial charge in [-0.15, -0.1) is 11.8 Å². The predicted molar refractivity (Wildman–Crippen MR) is 111 cm³/mol. The minimum Gasteiger partial charge on any atom is -0.351 e. The highest BCUT2D eigenvalue weighted by atomic mass is 32.2. The molecular weight excluding hydrogens is 428 g/mol. The summed E-state index contributed by atoms with van der Waals surface area (Å²) >= 11 is 1.12. The Morgan fingerprint density at radius 3 is 2.26 bits per heavy atom. The van der Waals surface area contributed by atoms with Crippen molar-refractivity contribution in [3.8, 4) is 0 Å². The molecule has 3 atom stereocenters. The van der Waals surface area contributed by atoms with Gasteiger partial charge in [-0.3, -0.25) is 19.7 Å². The largest absolute Gasteiger partial charge is 0.351 e. The van der Waals surface area contributed by atoms with Crippen LogP contribution in [-0.2, 0) is 16.1 Å². The second kappa shape index (κ2) is 10.3. The van der Waals surface area contributed by atoms with Gasteiger partial charge < -0.3 is 21.7 Å². The van der Waals surface area contributed by atoms with Gasteiger partial charge in [0.15, 0.2) is 0 Å². The molecule has 1 aliphatic heterocycles. The molecule has 0 saturated carbocycles. The smallest absolute Gasteiger partial charge is 0.252 e. The van der Waals surface area contributed by atoms with E-state index in [0.29, 0.717) is 0 Å². The molecule has 1 aliphatic rings. The standard InChI is InChI=1S/C20H21F2N5O3S/c21-13-5-1-11(2-6-13)9-24-15(28)10-31-20-26-17(23)16(19(30)27-20)25-18(29)12-3-7-14(22)8-4-12/h1-8,16-17,20,26H,9-10,23H2,(H,24,28)(H,25,29)(H,27,30). The number of benzene rings is 2.